The minimum Gasteiger partial charge on any atom is -0.436 e. The van der Waals surface area contributed by atoms with E-state index in [0.29, 0.717) is 5.75 Å². The van der Waals surface area contributed by atoms with E-state index < -0.39 is 56.9 Å². The average molecular weight is 552 g/mol. The summed E-state index contributed by atoms with van der Waals surface area (Å²) in [5.74, 6) is -0.197. The highest BCUT2D eigenvalue weighted by Gasteiger charge is 2.28. The smallest absolute Gasteiger partial charge is 0.334 e. The summed E-state index contributed by atoms with van der Waals surface area (Å²) in [6.45, 7) is 1.51. The number of halogens is 2. The zero-order valence-electron chi connectivity index (χ0n) is 17.7. The van der Waals surface area contributed by atoms with Gasteiger partial charge in [-0.15, -0.1) is 0 Å². The van der Waals surface area contributed by atoms with Gasteiger partial charge in [-0.2, -0.15) is 0 Å². The van der Waals surface area contributed by atoms with Gasteiger partial charge in [0.05, 0.1) is 6.61 Å². The molecule has 33 heavy (non-hydrogen) atoms. The molecule has 11 nitrogen and oxygen atoms in total. The molecule has 0 spiro atoms. The summed E-state index contributed by atoms with van der Waals surface area (Å²) in [6, 6.07) is 8.90. The van der Waals surface area contributed by atoms with Gasteiger partial charge < -0.3 is 22.7 Å². The lowest BCUT2D eigenvalue weighted by molar-refractivity contribution is -0.133. The first-order valence-electron chi connectivity index (χ1n) is 9.70. The zero-order valence-corrected chi connectivity index (χ0v) is 20.2. The number of para-hydroxylation sites is 1. The van der Waals surface area contributed by atoms with Crippen LogP contribution in [0.2, 0.25) is 0 Å². The van der Waals surface area contributed by atoms with Crippen molar-refractivity contribution < 1.29 is 31.9 Å². The molecule has 5 unspecified atom stereocenters. The third-order valence-electron chi connectivity index (χ3n) is 4.22. The lowest BCUT2D eigenvalue weighted by Crippen LogP contribution is -2.40. The number of hydrogen-bond donors (Lipinski definition) is 3. The van der Waals surface area contributed by atoms with Crippen molar-refractivity contribution >= 4 is 30.8 Å². The minimum absolute atomic E-state index is 0.352. The molecule has 0 bridgehead atoms. The third-order valence-corrected chi connectivity index (χ3v) is 5.90. The van der Waals surface area contributed by atoms with E-state index in [-0.39, 0.29) is 6.61 Å². The number of H-pyrrole nitrogens is 1. The van der Waals surface area contributed by atoms with Crippen molar-refractivity contribution in [3.05, 3.63) is 63.4 Å². The summed E-state index contributed by atoms with van der Waals surface area (Å²) >= 11 is 2.61. The maximum atomic E-state index is 13.2. The maximum absolute atomic E-state index is 13.2. The fourth-order valence-corrected chi connectivity index (χ4v) is 3.94. The van der Waals surface area contributed by atoms with Crippen molar-refractivity contribution in [3.8, 4) is 5.75 Å². The number of ether oxygens (including phenoxy) is 1. The van der Waals surface area contributed by atoms with Gasteiger partial charge >= 0.3 is 20.2 Å². The molecule has 182 valence electrons. The number of nitrogens with zero attached hydrogens (tertiary/aromatic N) is 1. The van der Waals surface area contributed by atoms with E-state index in [2.05, 4.69) is 30.2 Å². The van der Waals surface area contributed by atoms with Crippen molar-refractivity contribution in [3.63, 3.8) is 0 Å². The van der Waals surface area contributed by atoms with Gasteiger partial charge in [-0.1, -0.05) is 18.2 Å². The number of aromatic amines is 1. The Morgan fingerprint density at radius 3 is 2.58 bits per heavy atom. The highest BCUT2D eigenvalue weighted by Crippen LogP contribution is 2.36. The predicted octanol–water partition coefficient (Wildman–Crippen LogP) is 1.92. The van der Waals surface area contributed by atoms with E-state index >= 15 is 0 Å². The van der Waals surface area contributed by atoms with Gasteiger partial charge in [0.25, 0.3) is 5.56 Å². The minimum atomic E-state index is -1.97. The van der Waals surface area contributed by atoms with E-state index in [1.807, 2.05) is 0 Å². The summed E-state index contributed by atoms with van der Waals surface area (Å²) in [7, 11) is -1.97. The largest absolute Gasteiger partial charge is 0.436 e. The summed E-state index contributed by atoms with van der Waals surface area (Å²) in [5, 5.41) is 12.9. The molecular formula is C19H24BrFN3O8P. The summed E-state index contributed by atoms with van der Waals surface area (Å²) in [4.78, 5) is 37.1. The molecule has 0 radical (unpaired) electrons. The topological polar surface area (TPSA) is 141 Å². The van der Waals surface area contributed by atoms with Crippen LogP contribution in [0, 0.1) is 0 Å². The average Bonchev–Trinajstić information content (AvgIpc) is 2.80. The fraction of sp³-hybridized carbons (Fsp3) is 0.421. The molecule has 5 atom stereocenters. The van der Waals surface area contributed by atoms with Crippen LogP contribution in [0.25, 0.3) is 0 Å². The van der Waals surface area contributed by atoms with E-state index in [1.54, 1.807) is 30.3 Å². The standard InChI is InChI=1S/C19H24BrFN3O8P/c1-12(18(27)31-20)23-33(32-14-6-4-3-5-7-14)29-11-16(15(25)10-21)30-13(2)24-9-8-17(26)22-19(24)28/h3-9,12-13,15-16,23,25H,10-11H2,1-2H3,(H,22,26,28). The highest BCUT2D eigenvalue weighted by atomic mass is 79.9. The summed E-state index contributed by atoms with van der Waals surface area (Å²) in [6.07, 6.45) is -2.55. The Balaban J connectivity index is 2.13. The Labute approximate surface area is 198 Å². The number of alkyl halides is 1. The first-order valence-corrected chi connectivity index (χ1v) is 11.5. The summed E-state index contributed by atoms with van der Waals surface area (Å²) in [5.41, 5.74) is -1.32. The lowest BCUT2D eigenvalue weighted by Gasteiger charge is -2.28. The Kier molecular flexibility index (Phi) is 11.1. The molecular weight excluding hydrogens is 528 g/mol. The van der Waals surface area contributed by atoms with Crippen LogP contribution in [-0.4, -0.2) is 52.2 Å². The molecule has 1 heterocycles. The monoisotopic (exact) mass is 551 g/mol. The molecule has 0 saturated heterocycles. The molecule has 1 aromatic carbocycles. The van der Waals surface area contributed by atoms with Gasteiger partial charge in [-0.05, 0) is 26.0 Å². The molecule has 1 aromatic heterocycles. The van der Waals surface area contributed by atoms with E-state index in [0.717, 1.165) is 10.6 Å². The normalized spacial score (nSPS) is 15.8. The molecule has 2 rings (SSSR count). The van der Waals surface area contributed by atoms with Gasteiger partial charge in [-0.25, -0.2) is 19.1 Å². The second-order valence-electron chi connectivity index (χ2n) is 6.72. The Morgan fingerprint density at radius 2 is 1.97 bits per heavy atom. The number of hydrogen-bond acceptors (Lipinski definition) is 9. The number of carbonyl (C=O) groups excluding carboxylic acids is 1. The first kappa shape index (κ1) is 27.1. The van der Waals surface area contributed by atoms with Gasteiger partial charge in [0.1, 0.15) is 36.9 Å². The lowest BCUT2D eigenvalue weighted by atomic mass is 10.2. The van der Waals surface area contributed by atoms with Crippen LogP contribution in [0.1, 0.15) is 20.1 Å². The fourth-order valence-electron chi connectivity index (χ4n) is 2.46. The third kappa shape index (κ3) is 8.61. The van der Waals surface area contributed by atoms with Gasteiger partial charge in [0.2, 0.25) is 0 Å². The molecule has 0 aliphatic heterocycles. The first-order chi connectivity index (χ1) is 15.7. The second kappa shape index (κ2) is 13.5. The maximum Gasteiger partial charge on any atom is 0.334 e. The Morgan fingerprint density at radius 1 is 1.27 bits per heavy atom. The number of benzene rings is 1. The predicted molar refractivity (Wildman–Crippen MR) is 120 cm³/mol. The van der Waals surface area contributed by atoms with Crippen molar-refractivity contribution in [2.75, 3.05) is 13.3 Å². The van der Waals surface area contributed by atoms with Crippen molar-refractivity contribution in [2.45, 2.75) is 38.3 Å². The molecule has 0 fully saturated rings. The van der Waals surface area contributed by atoms with Crippen LogP contribution < -0.4 is 20.9 Å². The molecule has 14 heteroatoms. The van der Waals surface area contributed by atoms with Crippen LogP contribution in [0.4, 0.5) is 4.39 Å². The number of aliphatic hydroxyl groups is 1. The van der Waals surface area contributed by atoms with Crippen molar-refractivity contribution in [1.82, 2.24) is 14.6 Å². The Hall–Kier alpha value is -2.15. The van der Waals surface area contributed by atoms with E-state index in [9.17, 15) is 23.9 Å². The van der Waals surface area contributed by atoms with Crippen LogP contribution in [0.15, 0.2) is 52.2 Å². The van der Waals surface area contributed by atoms with Gasteiger partial charge in [0.15, 0.2) is 16.3 Å². The number of aromatic nitrogens is 2. The van der Waals surface area contributed by atoms with Crippen LogP contribution >= 0.6 is 24.8 Å². The highest BCUT2D eigenvalue weighted by molar-refractivity contribution is 9.06. The van der Waals surface area contributed by atoms with E-state index in [1.165, 1.54) is 20.0 Å². The second-order valence-corrected chi connectivity index (χ2v) is 8.25. The van der Waals surface area contributed by atoms with Gasteiger partial charge in [-0.3, -0.25) is 14.3 Å². The zero-order chi connectivity index (χ0) is 24.4. The van der Waals surface area contributed by atoms with Crippen LogP contribution in [0.5, 0.6) is 5.75 Å². The quantitative estimate of drug-likeness (QED) is 0.318. The number of aliphatic hydroxyl groups excluding tert-OH is 1. The molecule has 0 amide bonds. The molecule has 0 aliphatic rings. The van der Waals surface area contributed by atoms with E-state index in [4.69, 9.17) is 13.8 Å². The van der Waals surface area contributed by atoms with Gasteiger partial charge in [0, 0.05) is 12.3 Å². The summed E-state index contributed by atoms with van der Waals surface area (Å²) < 4.78 is 35.9. The molecule has 0 aliphatic carbocycles. The molecule has 3 N–H and O–H groups in total. The number of nitrogens with one attached hydrogen (secondary N) is 2. The van der Waals surface area contributed by atoms with Crippen molar-refractivity contribution in [1.29, 1.82) is 0 Å². The van der Waals surface area contributed by atoms with Crippen molar-refractivity contribution in [2.24, 2.45) is 0 Å². The van der Waals surface area contributed by atoms with Crippen LogP contribution in [0.3, 0.4) is 0 Å². The molecule has 0 saturated carbocycles. The van der Waals surface area contributed by atoms with Crippen LogP contribution in [-0.2, 0) is 17.9 Å². The number of rotatable bonds is 13. The number of carbonyl (C=O) groups is 1. The SMILES string of the molecule is CC(NP(OCC(OC(C)n1ccc(=O)[nH]c1=O)C(O)CF)Oc1ccccc1)C(=O)OBr. The molecule has 2 aromatic rings. The Bertz CT molecular complexity index is 995.